The van der Waals surface area contributed by atoms with Crippen molar-refractivity contribution in [3.05, 3.63) is 89.4 Å². The predicted molar refractivity (Wildman–Crippen MR) is 151 cm³/mol. The molecule has 0 spiro atoms. The molecular weight excluding hydrogens is 525 g/mol. The molecule has 11 heteroatoms. The lowest BCUT2D eigenvalue weighted by Crippen LogP contribution is -2.42. The van der Waals surface area contributed by atoms with Crippen molar-refractivity contribution < 1.29 is 18.7 Å². The first-order valence-corrected chi connectivity index (χ1v) is 13.6. The van der Waals surface area contributed by atoms with Crippen LogP contribution in [0.25, 0.3) is 11.3 Å². The molecule has 10 nitrogen and oxygen atoms in total. The lowest BCUT2D eigenvalue weighted by Gasteiger charge is -2.17. The summed E-state index contributed by atoms with van der Waals surface area (Å²) in [7, 11) is 0. The van der Waals surface area contributed by atoms with E-state index in [2.05, 4.69) is 26.0 Å². The van der Waals surface area contributed by atoms with Gasteiger partial charge in [0.1, 0.15) is 17.1 Å². The quantitative estimate of drug-likeness (QED) is 0.312. The zero-order valence-corrected chi connectivity index (χ0v) is 21.9. The fourth-order valence-corrected chi connectivity index (χ4v) is 5.03. The van der Waals surface area contributed by atoms with E-state index < -0.39 is 23.9 Å². The number of halogens is 1. The summed E-state index contributed by atoms with van der Waals surface area (Å²) in [6.45, 7) is 0.882. The Bertz CT molecular complexity index is 1700. The van der Waals surface area contributed by atoms with E-state index in [0.717, 1.165) is 24.0 Å². The highest BCUT2D eigenvalue weighted by Crippen LogP contribution is 2.35. The van der Waals surface area contributed by atoms with Crippen LogP contribution in [0, 0.1) is 5.95 Å². The number of aryl methyl sites for hydroxylation is 1. The Kier molecular flexibility index (Phi) is 6.18. The Morgan fingerprint density at radius 2 is 1.83 bits per heavy atom. The Morgan fingerprint density at radius 3 is 2.63 bits per heavy atom. The maximum Gasteiger partial charge on any atom is 0.269 e. The van der Waals surface area contributed by atoms with E-state index >= 15 is 4.39 Å². The average Bonchev–Trinajstić information content (AvgIpc) is 3.74. The van der Waals surface area contributed by atoms with Crippen molar-refractivity contribution in [1.82, 2.24) is 20.1 Å². The van der Waals surface area contributed by atoms with Gasteiger partial charge in [0.25, 0.3) is 11.8 Å². The molecule has 206 valence electrons. The number of anilines is 2. The third-order valence-corrected chi connectivity index (χ3v) is 7.18. The number of hydrogen-bond acceptors (Lipinski definition) is 7. The molecule has 2 aromatic heterocycles. The Labute approximate surface area is 234 Å². The van der Waals surface area contributed by atoms with Crippen LogP contribution in [0.5, 0.6) is 5.88 Å². The van der Waals surface area contributed by atoms with E-state index in [1.165, 1.54) is 0 Å². The lowest BCUT2D eigenvalue weighted by molar-refractivity contribution is -0.117. The van der Waals surface area contributed by atoms with Crippen LogP contribution in [-0.2, 0) is 11.3 Å². The van der Waals surface area contributed by atoms with Gasteiger partial charge in [-0.25, -0.2) is 14.7 Å². The van der Waals surface area contributed by atoms with Gasteiger partial charge in [0.2, 0.25) is 18.0 Å². The summed E-state index contributed by atoms with van der Waals surface area (Å²) in [6, 6.07) is 20.3. The molecule has 7 rings (SSSR count). The second-order valence-corrected chi connectivity index (χ2v) is 10.2. The second kappa shape index (κ2) is 10.2. The van der Waals surface area contributed by atoms with E-state index in [1.54, 1.807) is 22.9 Å². The number of aromatic nitrogens is 3. The highest BCUT2D eigenvalue weighted by molar-refractivity contribution is 6.20. The Balaban J connectivity index is 1.27. The molecule has 1 fully saturated rings. The van der Waals surface area contributed by atoms with Crippen LogP contribution in [0.3, 0.4) is 0 Å². The molecule has 0 bridgehead atoms. The SMILES string of the molecule is O=C(N[C@H]1N=C(c2ccccc2)c2ccccc2NC1=O)c1c(-c2ccc(NC3CC3)nc2F)nn2c1OCCC2. The number of benzene rings is 2. The maximum atomic E-state index is 15.3. The third-order valence-electron chi connectivity index (χ3n) is 7.18. The molecule has 0 unspecified atom stereocenters. The molecule has 2 aromatic carbocycles. The first kappa shape index (κ1) is 24.9. The number of pyridine rings is 1. The van der Waals surface area contributed by atoms with E-state index in [4.69, 9.17) is 9.73 Å². The van der Waals surface area contributed by atoms with Crippen molar-refractivity contribution >= 4 is 29.0 Å². The van der Waals surface area contributed by atoms with Crippen molar-refractivity contribution in [2.45, 2.75) is 38.0 Å². The number of nitrogens with one attached hydrogen (secondary N) is 3. The van der Waals surface area contributed by atoms with Gasteiger partial charge in [-0.15, -0.1) is 0 Å². The van der Waals surface area contributed by atoms with Crippen LogP contribution in [0.15, 0.2) is 71.7 Å². The molecule has 3 aliphatic rings. The number of aliphatic imine (C=N–C) groups is 1. The van der Waals surface area contributed by atoms with Crippen LogP contribution in [0.1, 0.15) is 40.7 Å². The molecule has 1 saturated carbocycles. The number of fused-ring (bicyclic) bond motifs is 2. The van der Waals surface area contributed by atoms with Gasteiger partial charge in [-0.1, -0.05) is 48.5 Å². The van der Waals surface area contributed by atoms with Crippen molar-refractivity contribution in [3.8, 4) is 17.1 Å². The van der Waals surface area contributed by atoms with Crippen molar-refractivity contribution in [3.63, 3.8) is 0 Å². The van der Waals surface area contributed by atoms with Crippen molar-refractivity contribution in [2.75, 3.05) is 17.2 Å². The monoisotopic (exact) mass is 551 g/mol. The summed E-state index contributed by atoms with van der Waals surface area (Å²) < 4.78 is 22.7. The molecular formula is C30H26FN7O3. The number of hydrogen-bond donors (Lipinski definition) is 3. The summed E-state index contributed by atoms with van der Waals surface area (Å²) >= 11 is 0. The fourth-order valence-electron chi connectivity index (χ4n) is 5.03. The largest absolute Gasteiger partial charge is 0.477 e. The van der Waals surface area contributed by atoms with Crippen LogP contribution in [0.2, 0.25) is 0 Å². The lowest BCUT2D eigenvalue weighted by atomic mass is 10.0. The third kappa shape index (κ3) is 4.79. The van der Waals surface area contributed by atoms with Gasteiger partial charge in [-0.2, -0.15) is 9.49 Å². The zero-order chi connectivity index (χ0) is 27.9. The number of carbonyl (C=O) groups is 2. The van der Waals surface area contributed by atoms with Gasteiger partial charge in [-0.05, 0) is 31.0 Å². The highest BCUT2D eigenvalue weighted by atomic mass is 19.1. The summed E-state index contributed by atoms with van der Waals surface area (Å²) in [6.07, 6.45) is 1.46. The number of amides is 2. The predicted octanol–water partition coefficient (Wildman–Crippen LogP) is 3.99. The molecule has 4 aromatic rings. The summed E-state index contributed by atoms with van der Waals surface area (Å²) in [4.78, 5) is 36.0. The minimum Gasteiger partial charge on any atom is -0.477 e. The summed E-state index contributed by atoms with van der Waals surface area (Å²) in [5.41, 5.74) is 2.82. The topological polar surface area (TPSA) is 123 Å². The smallest absolute Gasteiger partial charge is 0.269 e. The van der Waals surface area contributed by atoms with E-state index in [9.17, 15) is 9.59 Å². The van der Waals surface area contributed by atoms with Crippen LogP contribution >= 0.6 is 0 Å². The molecule has 3 N–H and O–H groups in total. The van der Waals surface area contributed by atoms with Crippen LogP contribution in [-0.4, -0.2) is 51.1 Å². The van der Waals surface area contributed by atoms with E-state index in [1.807, 2.05) is 48.5 Å². The number of nitrogens with zero attached hydrogens (tertiary/aromatic N) is 4. The fraction of sp³-hybridized carbons (Fsp3) is 0.233. The van der Waals surface area contributed by atoms with Crippen molar-refractivity contribution in [1.29, 1.82) is 0 Å². The van der Waals surface area contributed by atoms with Gasteiger partial charge >= 0.3 is 0 Å². The molecule has 2 aliphatic heterocycles. The first-order valence-electron chi connectivity index (χ1n) is 13.6. The molecule has 0 radical (unpaired) electrons. The summed E-state index contributed by atoms with van der Waals surface area (Å²) in [5.74, 6) is -1.29. The van der Waals surface area contributed by atoms with Gasteiger partial charge in [-0.3, -0.25) is 9.59 Å². The second-order valence-electron chi connectivity index (χ2n) is 10.2. The van der Waals surface area contributed by atoms with Crippen LogP contribution < -0.4 is 20.7 Å². The van der Waals surface area contributed by atoms with Gasteiger partial charge in [0.15, 0.2) is 0 Å². The first-order chi connectivity index (χ1) is 20.0. The average molecular weight is 552 g/mol. The molecule has 0 saturated heterocycles. The van der Waals surface area contributed by atoms with Gasteiger partial charge in [0, 0.05) is 30.1 Å². The van der Waals surface area contributed by atoms with Gasteiger partial charge in [0.05, 0.1) is 23.6 Å². The normalized spacial score (nSPS) is 17.7. The van der Waals surface area contributed by atoms with Gasteiger partial charge < -0.3 is 20.7 Å². The van der Waals surface area contributed by atoms with E-state index in [0.29, 0.717) is 42.8 Å². The standard InChI is InChI=1S/C30H26FN7O3/c31-26-20(13-14-22(34-26)32-18-11-12-18)25-23(30-38(37-25)15-6-16-41-30)28(39)36-27-29(40)33-21-10-5-4-9-19(21)24(35-27)17-7-2-1-3-8-17/h1-5,7-10,13-14,18,27H,6,11-12,15-16H2,(H,32,34)(H,33,40)(H,36,39)/t27-/m1/s1. The minimum absolute atomic E-state index is 0.0272. The number of benzodiazepines with no additional fused rings is 1. The molecule has 4 heterocycles. The number of ether oxygens (including phenoxy) is 1. The zero-order valence-electron chi connectivity index (χ0n) is 21.9. The van der Waals surface area contributed by atoms with E-state index in [-0.39, 0.29) is 22.7 Å². The Morgan fingerprint density at radius 1 is 1.02 bits per heavy atom. The minimum atomic E-state index is -1.27. The number of rotatable bonds is 6. The molecule has 1 aliphatic carbocycles. The highest BCUT2D eigenvalue weighted by Gasteiger charge is 2.34. The number of carbonyl (C=O) groups excluding carboxylic acids is 2. The molecule has 1 atom stereocenters. The maximum absolute atomic E-state index is 15.3. The number of para-hydroxylation sites is 1. The summed E-state index contributed by atoms with van der Waals surface area (Å²) in [5, 5.41) is 13.3. The molecule has 2 amide bonds. The van der Waals surface area contributed by atoms with Crippen molar-refractivity contribution in [2.24, 2.45) is 4.99 Å². The molecule has 41 heavy (non-hydrogen) atoms. The Hall–Kier alpha value is -5.06. The van der Waals surface area contributed by atoms with Crippen LogP contribution in [0.4, 0.5) is 15.9 Å².